The number of hydrogen-bond donors (Lipinski definition) is 1. The number of aromatic hydroxyl groups is 1. The van der Waals surface area contributed by atoms with Crippen LogP contribution in [0.4, 0.5) is 0 Å². The standard InChI is InChI=1S/C17H19NO3S/c1-18(9-12-3-5-14(22-2)6-4-12)10-13-7-16-17(8-15(13)19)21-11-20-16/h3-8,19H,9-11H2,1-2H3. The van der Waals surface area contributed by atoms with Crippen LogP contribution in [0.15, 0.2) is 41.3 Å². The van der Waals surface area contributed by atoms with Gasteiger partial charge in [-0.3, -0.25) is 4.90 Å². The minimum absolute atomic E-state index is 0.218. The van der Waals surface area contributed by atoms with Gasteiger partial charge in [-0.15, -0.1) is 11.8 Å². The summed E-state index contributed by atoms with van der Waals surface area (Å²) in [6, 6.07) is 12.0. The van der Waals surface area contributed by atoms with Crippen molar-refractivity contribution in [3.05, 3.63) is 47.5 Å². The lowest BCUT2D eigenvalue weighted by molar-refractivity contribution is 0.174. The molecule has 2 aromatic rings. The number of fused-ring (bicyclic) bond motifs is 1. The number of ether oxygens (including phenoxy) is 2. The SMILES string of the molecule is CSc1ccc(CN(C)Cc2cc3c(cc2O)OCO3)cc1. The fraction of sp³-hybridized carbons (Fsp3) is 0.294. The molecule has 0 atom stereocenters. The molecule has 1 N–H and O–H groups in total. The van der Waals surface area contributed by atoms with Crippen molar-refractivity contribution in [2.24, 2.45) is 0 Å². The Kier molecular flexibility index (Phi) is 4.45. The van der Waals surface area contributed by atoms with Gasteiger partial charge in [0.05, 0.1) is 0 Å². The molecule has 0 spiro atoms. The van der Waals surface area contributed by atoms with Crippen LogP contribution >= 0.6 is 11.8 Å². The summed E-state index contributed by atoms with van der Waals surface area (Å²) in [5.41, 5.74) is 2.09. The smallest absolute Gasteiger partial charge is 0.231 e. The maximum atomic E-state index is 10.1. The molecule has 0 amide bonds. The predicted octanol–water partition coefficient (Wildman–Crippen LogP) is 3.47. The monoisotopic (exact) mass is 317 g/mol. The third kappa shape index (κ3) is 3.31. The Morgan fingerprint density at radius 2 is 1.77 bits per heavy atom. The Labute approximate surface area is 134 Å². The second-order valence-electron chi connectivity index (χ2n) is 5.35. The van der Waals surface area contributed by atoms with Crippen LogP contribution in [0.5, 0.6) is 17.2 Å². The highest BCUT2D eigenvalue weighted by molar-refractivity contribution is 7.98. The van der Waals surface area contributed by atoms with Gasteiger partial charge in [0.25, 0.3) is 0 Å². The van der Waals surface area contributed by atoms with E-state index in [2.05, 4.69) is 35.4 Å². The summed E-state index contributed by atoms with van der Waals surface area (Å²) in [6.07, 6.45) is 2.07. The molecule has 4 nitrogen and oxygen atoms in total. The van der Waals surface area contributed by atoms with Crippen LogP contribution in [0.1, 0.15) is 11.1 Å². The summed E-state index contributed by atoms with van der Waals surface area (Å²) in [4.78, 5) is 3.42. The molecule has 1 aliphatic heterocycles. The molecule has 0 aliphatic carbocycles. The number of thioether (sulfide) groups is 1. The first kappa shape index (κ1) is 15.1. The minimum atomic E-state index is 0.218. The summed E-state index contributed by atoms with van der Waals surface area (Å²) in [7, 11) is 2.03. The van der Waals surface area contributed by atoms with E-state index in [9.17, 15) is 5.11 Å². The van der Waals surface area contributed by atoms with Gasteiger partial charge in [-0.2, -0.15) is 0 Å². The summed E-state index contributed by atoms with van der Waals surface area (Å²) in [5, 5.41) is 10.1. The molecule has 2 aromatic carbocycles. The average molecular weight is 317 g/mol. The molecular weight excluding hydrogens is 298 g/mol. The van der Waals surface area contributed by atoms with Crippen LogP contribution in [0.25, 0.3) is 0 Å². The molecule has 0 fully saturated rings. The second kappa shape index (κ2) is 6.50. The van der Waals surface area contributed by atoms with E-state index in [0.29, 0.717) is 18.0 Å². The zero-order chi connectivity index (χ0) is 15.5. The molecule has 1 aliphatic rings. The molecule has 116 valence electrons. The van der Waals surface area contributed by atoms with Crippen LogP contribution in [0.2, 0.25) is 0 Å². The van der Waals surface area contributed by atoms with E-state index in [0.717, 1.165) is 12.1 Å². The van der Waals surface area contributed by atoms with E-state index < -0.39 is 0 Å². The quantitative estimate of drug-likeness (QED) is 0.855. The molecule has 5 heteroatoms. The molecule has 0 saturated heterocycles. The molecule has 0 saturated carbocycles. The van der Waals surface area contributed by atoms with Crippen LogP contribution < -0.4 is 9.47 Å². The molecule has 0 aromatic heterocycles. The van der Waals surface area contributed by atoms with Gasteiger partial charge in [0.2, 0.25) is 6.79 Å². The number of phenolic OH excluding ortho intramolecular Hbond substituents is 1. The molecule has 0 unspecified atom stereocenters. The van der Waals surface area contributed by atoms with Crippen molar-refractivity contribution in [3.8, 4) is 17.2 Å². The van der Waals surface area contributed by atoms with Crippen molar-refractivity contribution in [2.75, 3.05) is 20.1 Å². The Bertz CT molecular complexity index is 658. The molecule has 0 bridgehead atoms. The Morgan fingerprint density at radius 1 is 1.09 bits per heavy atom. The minimum Gasteiger partial charge on any atom is -0.507 e. The van der Waals surface area contributed by atoms with Gasteiger partial charge >= 0.3 is 0 Å². The first-order valence-corrected chi connectivity index (χ1v) is 8.31. The number of rotatable bonds is 5. The maximum Gasteiger partial charge on any atom is 0.231 e. The van der Waals surface area contributed by atoms with Crippen molar-refractivity contribution >= 4 is 11.8 Å². The van der Waals surface area contributed by atoms with Crippen LogP contribution in [0.3, 0.4) is 0 Å². The average Bonchev–Trinajstić information content (AvgIpc) is 2.95. The van der Waals surface area contributed by atoms with Crippen LogP contribution in [-0.4, -0.2) is 30.1 Å². The van der Waals surface area contributed by atoms with Gasteiger partial charge < -0.3 is 14.6 Å². The van der Waals surface area contributed by atoms with Gasteiger partial charge in [0.15, 0.2) is 11.5 Å². The van der Waals surface area contributed by atoms with E-state index in [-0.39, 0.29) is 12.5 Å². The molecule has 22 heavy (non-hydrogen) atoms. The van der Waals surface area contributed by atoms with Crippen molar-refractivity contribution < 1.29 is 14.6 Å². The van der Waals surface area contributed by atoms with E-state index >= 15 is 0 Å². The first-order valence-electron chi connectivity index (χ1n) is 7.08. The first-order chi connectivity index (χ1) is 10.7. The molecule has 3 rings (SSSR count). The molecule has 0 radical (unpaired) electrons. The lowest BCUT2D eigenvalue weighted by Gasteiger charge is -2.18. The third-order valence-corrected chi connectivity index (χ3v) is 4.37. The zero-order valence-electron chi connectivity index (χ0n) is 12.7. The third-order valence-electron chi connectivity index (χ3n) is 3.63. The molecular formula is C17H19NO3S. The van der Waals surface area contributed by atoms with Gasteiger partial charge in [-0.25, -0.2) is 0 Å². The van der Waals surface area contributed by atoms with Crippen molar-refractivity contribution in [3.63, 3.8) is 0 Å². The normalized spacial score (nSPS) is 12.9. The Hall–Kier alpha value is -1.85. The zero-order valence-corrected chi connectivity index (χ0v) is 13.5. The number of phenols is 1. The summed E-state index contributed by atoms with van der Waals surface area (Å²) < 4.78 is 10.6. The van der Waals surface area contributed by atoms with Crippen molar-refractivity contribution in [1.29, 1.82) is 0 Å². The fourth-order valence-electron chi connectivity index (χ4n) is 2.49. The highest BCUT2D eigenvalue weighted by Gasteiger charge is 2.17. The highest BCUT2D eigenvalue weighted by atomic mass is 32.2. The number of nitrogens with zero attached hydrogens (tertiary/aromatic N) is 1. The summed E-state index contributed by atoms with van der Waals surface area (Å²) >= 11 is 1.74. The predicted molar refractivity (Wildman–Crippen MR) is 87.6 cm³/mol. The largest absolute Gasteiger partial charge is 0.507 e. The fourth-order valence-corrected chi connectivity index (χ4v) is 2.90. The summed E-state index contributed by atoms with van der Waals surface area (Å²) in [6.45, 7) is 1.69. The topological polar surface area (TPSA) is 41.9 Å². The lowest BCUT2D eigenvalue weighted by Crippen LogP contribution is -2.17. The van der Waals surface area contributed by atoms with E-state index in [1.807, 2.05) is 13.1 Å². The number of benzene rings is 2. The van der Waals surface area contributed by atoms with Gasteiger partial charge in [-0.1, -0.05) is 12.1 Å². The Morgan fingerprint density at radius 3 is 2.45 bits per heavy atom. The van der Waals surface area contributed by atoms with Gasteiger partial charge in [-0.05, 0) is 37.1 Å². The van der Waals surface area contributed by atoms with Gasteiger partial charge in [0.1, 0.15) is 5.75 Å². The summed E-state index contributed by atoms with van der Waals surface area (Å²) in [5.74, 6) is 1.55. The highest BCUT2D eigenvalue weighted by Crippen LogP contribution is 2.38. The van der Waals surface area contributed by atoms with Gasteiger partial charge in [0, 0.05) is 29.6 Å². The number of hydrogen-bond acceptors (Lipinski definition) is 5. The van der Waals surface area contributed by atoms with Crippen LogP contribution in [0, 0.1) is 0 Å². The van der Waals surface area contributed by atoms with E-state index in [4.69, 9.17) is 9.47 Å². The lowest BCUT2D eigenvalue weighted by atomic mass is 10.1. The Balaban J connectivity index is 1.67. The van der Waals surface area contributed by atoms with E-state index in [1.54, 1.807) is 17.8 Å². The van der Waals surface area contributed by atoms with Crippen molar-refractivity contribution in [2.45, 2.75) is 18.0 Å². The second-order valence-corrected chi connectivity index (χ2v) is 6.23. The van der Waals surface area contributed by atoms with Crippen LogP contribution in [-0.2, 0) is 13.1 Å². The van der Waals surface area contributed by atoms with E-state index in [1.165, 1.54) is 10.5 Å². The van der Waals surface area contributed by atoms with Crippen molar-refractivity contribution in [1.82, 2.24) is 4.90 Å². The maximum absolute atomic E-state index is 10.1. The molecule has 1 heterocycles.